The van der Waals surface area contributed by atoms with Crippen LogP contribution in [0.1, 0.15) is 47.3 Å². The zero-order chi connectivity index (χ0) is 32.1. The minimum Gasteiger partial charge on any atom is -0.456 e. The largest absolute Gasteiger partial charge is 0.456 e. The van der Waals surface area contributed by atoms with Crippen LogP contribution in [0.4, 0.5) is 0 Å². The van der Waals surface area contributed by atoms with Gasteiger partial charge in [-0.15, -0.1) is 0 Å². The maximum atomic E-state index is 6.69. The quantitative estimate of drug-likeness (QED) is 0.192. The summed E-state index contributed by atoms with van der Waals surface area (Å²) in [7, 11) is 0. The Labute approximate surface area is 279 Å². The molecular formula is C44H33N3O. The van der Waals surface area contributed by atoms with Crippen molar-refractivity contribution in [2.24, 2.45) is 0 Å². The van der Waals surface area contributed by atoms with Gasteiger partial charge in [0.2, 0.25) is 0 Å². The molecule has 2 aliphatic rings. The molecule has 2 aliphatic carbocycles. The van der Waals surface area contributed by atoms with Crippen molar-refractivity contribution in [3.8, 4) is 22.8 Å². The first kappa shape index (κ1) is 28.4. The molecule has 4 heteroatoms. The standard InChI is InChI=1S/C44H33N3O/c1-44(34-16-6-3-7-17-34)26-24-31(25-27-44)42-45-41(30-13-4-2-5-14-30)46-43(47-42)37-23-22-35(33-21-20-29-12-8-9-15-32(29)28-33)40-39(37)36-18-10-11-19-38(36)48-40/h2-26,33H,27-28H2,1H3. The van der Waals surface area contributed by atoms with Gasteiger partial charge in [0.15, 0.2) is 17.5 Å². The summed E-state index contributed by atoms with van der Waals surface area (Å²) in [6, 6.07) is 42.1. The van der Waals surface area contributed by atoms with Gasteiger partial charge in [0, 0.05) is 44.4 Å². The Morgan fingerprint density at radius 2 is 1.42 bits per heavy atom. The second-order valence-corrected chi connectivity index (χ2v) is 13.0. The maximum absolute atomic E-state index is 6.69. The summed E-state index contributed by atoms with van der Waals surface area (Å²) >= 11 is 0. The lowest BCUT2D eigenvalue weighted by Crippen LogP contribution is -2.20. The summed E-state index contributed by atoms with van der Waals surface area (Å²) in [5.41, 5.74) is 9.66. The highest BCUT2D eigenvalue weighted by Crippen LogP contribution is 2.43. The van der Waals surface area contributed by atoms with Crippen LogP contribution >= 0.6 is 0 Å². The number of benzene rings is 5. The number of hydrogen-bond donors (Lipinski definition) is 0. The predicted octanol–water partition coefficient (Wildman–Crippen LogP) is 10.8. The van der Waals surface area contributed by atoms with Crippen molar-refractivity contribution in [1.82, 2.24) is 15.0 Å². The van der Waals surface area contributed by atoms with E-state index in [2.05, 4.69) is 128 Å². The van der Waals surface area contributed by atoms with E-state index in [1.807, 2.05) is 30.3 Å². The Balaban J connectivity index is 1.20. The number of rotatable bonds is 5. The molecule has 5 aromatic carbocycles. The minimum atomic E-state index is -0.0886. The van der Waals surface area contributed by atoms with Gasteiger partial charge in [0.1, 0.15) is 11.2 Å². The third-order valence-electron chi connectivity index (χ3n) is 9.94. The average molecular weight is 620 g/mol. The number of furan rings is 1. The lowest BCUT2D eigenvalue weighted by molar-refractivity contribution is 0.601. The van der Waals surface area contributed by atoms with Crippen molar-refractivity contribution in [1.29, 1.82) is 0 Å². The zero-order valence-corrected chi connectivity index (χ0v) is 26.7. The summed E-state index contributed by atoms with van der Waals surface area (Å²) in [5.74, 6) is 2.15. The van der Waals surface area contributed by atoms with E-state index in [0.29, 0.717) is 17.5 Å². The van der Waals surface area contributed by atoms with Crippen LogP contribution in [-0.4, -0.2) is 15.0 Å². The second kappa shape index (κ2) is 11.4. The smallest absolute Gasteiger partial charge is 0.164 e. The number of nitrogens with zero attached hydrogens (tertiary/aromatic N) is 3. The lowest BCUT2D eigenvalue weighted by atomic mass is 9.76. The first-order chi connectivity index (χ1) is 23.6. The fourth-order valence-electron chi connectivity index (χ4n) is 7.22. The van der Waals surface area contributed by atoms with E-state index in [1.165, 1.54) is 22.3 Å². The molecule has 0 amide bonds. The van der Waals surface area contributed by atoms with Crippen LogP contribution in [0.2, 0.25) is 0 Å². The molecule has 0 fully saturated rings. The molecule has 0 saturated carbocycles. The topological polar surface area (TPSA) is 51.8 Å². The average Bonchev–Trinajstić information content (AvgIpc) is 3.55. The zero-order valence-electron chi connectivity index (χ0n) is 26.7. The maximum Gasteiger partial charge on any atom is 0.164 e. The first-order valence-corrected chi connectivity index (χ1v) is 16.6. The minimum absolute atomic E-state index is 0.0886. The molecule has 2 atom stereocenters. The molecule has 4 nitrogen and oxygen atoms in total. The summed E-state index contributed by atoms with van der Waals surface area (Å²) < 4.78 is 6.69. The molecule has 0 aliphatic heterocycles. The van der Waals surface area contributed by atoms with Crippen LogP contribution in [0.5, 0.6) is 0 Å². The van der Waals surface area contributed by atoms with Gasteiger partial charge in [0.05, 0.1) is 0 Å². The van der Waals surface area contributed by atoms with Gasteiger partial charge in [-0.2, -0.15) is 0 Å². The van der Waals surface area contributed by atoms with Crippen molar-refractivity contribution >= 4 is 33.6 Å². The molecule has 9 rings (SSSR count). The van der Waals surface area contributed by atoms with E-state index in [4.69, 9.17) is 19.4 Å². The monoisotopic (exact) mass is 619 g/mol. The van der Waals surface area contributed by atoms with E-state index in [0.717, 1.165) is 51.5 Å². The first-order valence-electron chi connectivity index (χ1n) is 16.6. The number of hydrogen-bond acceptors (Lipinski definition) is 4. The molecule has 230 valence electrons. The molecular weight excluding hydrogens is 587 g/mol. The molecule has 2 aromatic heterocycles. The summed E-state index contributed by atoms with van der Waals surface area (Å²) in [6.07, 6.45) is 13.1. The molecule has 2 unspecified atom stereocenters. The molecule has 0 spiro atoms. The van der Waals surface area contributed by atoms with Crippen LogP contribution in [-0.2, 0) is 11.8 Å². The van der Waals surface area contributed by atoms with Gasteiger partial charge in [-0.05, 0) is 41.7 Å². The Morgan fingerprint density at radius 1 is 0.688 bits per heavy atom. The fraction of sp³-hybridized carbons (Fsp3) is 0.114. The Kier molecular flexibility index (Phi) is 6.75. The molecule has 2 heterocycles. The highest BCUT2D eigenvalue weighted by atomic mass is 16.3. The second-order valence-electron chi connectivity index (χ2n) is 13.0. The molecule has 0 N–H and O–H groups in total. The van der Waals surface area contributed by atoms with Crippen molar-refractivity contribution in [2.45, 2.75) is 31.1 Å². The molecule has 48 heavy (non-hydrogen) atoms. The van der Waals surface area contributed by atoms with Gasteiger partial charge in [-0.25, -0.2) is 15.0 Å². The number of aromatic nitrogens is 3. The van der Waals surface area contributed by atoms with Crippen LogP contribution in [0.3, 0.4) is 0 Å². The van der Waals surface area contributed by atoms with Crippen LogP contribution in [0, 0.1) is 0 Å². The Hall–Kier alpha value is -5.87. The summed E-state index contributed by atoms with van der Waals surface area (Å²) in [4.78, 5) is 15.3. The molecule has 7 aromatic rings. The van der Waals surface area contributed by atoms with E-state index in [9.17, 15) is 0 Å². The summed E-state index contributed by atoms with van der Waals surface area (Å²) in [6.45, 7) is 2.28. The fourth-order valence-corrected chi connectivity index (χ4v) is 7.22. The van der Waals surface area contributed by atoms with Crippen LogP contribution < -0.4 is 0 Å². The molecule has 0 radical (unpaired) electrons. The van der Waals surface area contributed by atoms with E-state index in [-0.39, 0.29) is 11.3 Å². The van der Waals surface area contributed by atoms with Crippen molar-refractivity contribution in [3.63, 3.8) is 0 Å². The van der Waals surface area contributed by atoms with Gasteiger partial charge < -0.3 is 4.42 Å². The summed E-state index contributed by atoms with van der Waals surface area (Å²) in [5, 5.41) is 2.10. The SMILES string of the molecule is CC1(c2ccccc2)C=CC(c2nc(-c3ccccc3)nc(-c3ccc(C4C=Cc5ccccc5C4)c4oc5ccccc5c34)n2)=CC1. The van der Waals surface area contributed by atoms with Crippen molar-refractivity contribution < 1.29 is 4.42 Å². The van der Waals surface area contributed by atoms with Crippen molar-refractivity contribution in [3.05, 3.63) is 174 Å². The highest BCUT2D eigenvalue weighted by Gasteiger charge is 2.27. The Bertz CT molecular complexity index is 2420. The van der Waals surface area contributed by atoms with E-state index < -0.39 is 0 Å². The predicted molar refractivity (Wildman–Crippen MR) is 195 cm³/mol. The van der Waals surface area contributed by atoms with Gasteiger partial charge >= 0.3 is 0 Å². The van der Waals surface area contributed by atoms with Crippen LogP contribution in [0.25, 0.3) is 56.4 Å². The molecule has 0 bridgehead atoms. The third-order valence-corrected chi connectivity index (χ3v) is 9.94. The van der Waals surface area contributed by atoms with Gasteiger partial charge in [0.25, 0.3) is 0 Å². The third kappa shape index (κ3) is 4.89. The van der Waals surface area contributed by atoms with Gasteiger partial charge in [-0.1, -0.05) is 146 Å². The number of allylic oxidation sites excluding steroid dienone is 5. The van der Waals surface area contributed by atoms with Crippen molar-refractivity contribution in [2.75, 3.05) is 0 Å². The lowest BCUT2D eigenvalue weighted by Gasteiger charge is -2.28. The number of para-hydroxylation sites is 1. The molecule has 0 saturated heterocycles. The normalized spacial score (nSPS) is 18.6. The van der Waals surface area contributed by atoms with E-state index >= 15 is 0 Å². The van der Waals surface area contributed by atoms with Crippen LogP contribution in [0.15, 0.2) is 150 Å². The Morgan fingerprint density at radius 3 is 2.25 bits per heavy atom. The van der Waals surface area contributed by atoms with E-state index in [1.54, 1.807) is 0 Å². The number of fused-ring (bicyclic) bond motifs is 4. The highest BCUT2D eigenvalue weighted by molar-refractivity contribution is 6.13. The van der Waals surface area contributed by atoms with Gasteiger partial charge in [-0.3, -0.25) is 0 Å².